The molecule has 1 N–H and O–H groups in total. The van der Waals surface area contributed by atoms with Gasteiger partial charge in [-0.1, -0.05) is 6.07 Å². The van der Waals surface area contributed by atoms with Crippen LogP contribution < -0.4 is 5.32 Å². The number of nitrogens with zero attached hydrogens (tertiary/aromatic N) is 3. The van der Waals surface area contributed by atoms with Gasteiger partial charge in [-0.15, -0.1) is 11.3 Å². The van der Waals surface area contributed by atoms with Gasteiger partial charge in [0.25, 0.3) is 0 Å². The molecule has 0 radical (unpaired) electrons. The van der Waals surface area contributed by atoms with Gasteiger partial charge in [-0.05, 0) is 55.5 Å². The highest BCUT2D eigenvalue weighted by Crippen LogP contribution is 2.22. The third-order valence-corrected chi connectivity index (χ3v) is 8.89. The molecular formula is C22H30N4O3S2. The topological polar surface area (TPSA) is 73.0 Å². The first-order valence-electron chi connectivity index (χ1n) is 10.8. The van der Waals surface area contributed by atoms with Gasteiger partial charge in [-0.2, -0.15) is 4.31 Å². The van der Waals surface area contributed by atoms with E-state index in [0.717, 1.165) is 45.6 Å². The second-order valence-corrected chi connectivity index (χ2v) is 11.2. The number of benzene rings is 1. The largest absolute Gasteiger partial charge is 0.325 e. The number of hydrogen-bond acceptors (Lipinski definition) is 6. The molecule has 0 unspecified atom stereocenters. The zero-order valence-electron chi connectivity index (χ0n) is 17.9. The van der Waals surface area contributed by atoms with Gasteiger partial charge in [0.1, 0.15) is 0 Å². The molecule has 9 heteroatoms. The summed E-state index contributed by atoms with van der Waals surface area (Å²) in [5, 5.41) is 5.04. The zero-order chi connectivity index (χ0) is 21.8. The Morgan fingerprint density at radius 1 is 1.03 bits per heavy atom. The Hall–Kier alpha value is -1.78. The van der Waals surface area contributed by atoms with E-state index >= 15 is 0 Å². The van der Waals surface area contributed by atoms with Gasteiger partial charge in [0.2, 0.25) is 15.9 Å². The van der Waals surface area contributed by atoms with Crippen molar-refractivity contribution in [1.82, 2.24) is 14.1 Å². The maximum atomic E-state index is 12.7. The molecule has 7 nitrogen and oxygen atoms in total. The van der Waals surface area contributed by atoms with Gasteiger partial charge in [0, 0.05) is 56.4 Å². The molecule has 1 atom stereocenters. The Morgan fingerprint density at radius 3 is 2.32 bits per heavy atom. The van der Waals surface area contributed by atoms with E-state index in [1.54, 1.807) is 35.6 Å². The van der Waals surface area contributed by atoms with E-state index in [1.807, 2.05) is 6.92 Å². The fourth-order valence-electron chi connectivity index (χ4n) is 4.13. The standard InChI is InChI=1S/C22H30N4O3S2/c1-18(25-14-12-24(13-15-25)17-20-5-4-16-30-20)22(27)23-19-6-8-21(9-7-19)31(28,29)26-10-2-3-11-26/h4-9,16,18H,2-3,10-15,17H2,1H3,(H,23,27)/t18-/m1/s1. The van der Waals surface area contributed by atoms with Gasteiger partial charge in [-0.25, -0.2) is 8.42 Å². The summed E-state index contributed by atoms with van der Waals surface area (Å²) in [5.74, 6) is -0.0677. The van der Waals surface area contributed by atoms with Gasteiger partial charge in [-0.3, -0.25) is 14.6 Å². The molecule has 0 aliphatic carbocycles. The van der Waals surface area contributed by atoms with Crippen LogP contribution in [-0.2, 0) is 21.4 Å². The molecule has 3 heterocycles. The van der Waals surface area contributed by atoms with Crippen LogP contribution in [0.2, 0.25) is 0 Å². The van der Waals surface area contributed by atoms with Crippen LogP contribution in [0.1, 0.15) is 24.6 Å². The van der Waals surface area contributed by atoms with Crippen molar-refractivity contribution in [2.75, 3.05) is 44.6 Å². The van der Waals surface area contributed by atoms with Crippen LogP contribution in [0.5, 0.6) is 0 Å². The molecule has 0 saturated carbocycles. The average Bonchev–Trinajstić information content (AvgIpc) is 3.49. The summed E-state index contributed by atoms with van der Waals surface area (Å²) < 4.78 is 26.8. The molecule has 2 aliphatic rings. The molecule has 168 valence electrons. The Morgan fingerprint density at radius 2 is 1.71 bits per heavy atom. The summed E-state index contributed by atoms with van der Waals surface area (Å²) in [6, 6.07) is 10.5. The molecule has 0 spiro atoms. The van der Waals surface area contributed by atoms with E-state index in [-0.39, 0.29) is 16.8 Å². The number of carbonyl (C=O) groups excluding carboxylic acids is 1. The van der Waals surface area contributed by atoms with E-state index in [2.05, 4.69) is 32.6 Å². The van der Waals surface area contributed by atoms with Crippen molar-refractivity contribution in [2.24, 2.45) is 0 Å². The van der Waals surface area contributed by atoms with E-state index in [1.165, 1.54) is 9.18 Å². The van der Waals surface area contributed by atoms with Crippen LogP contribution in [-0.4, -0.2) is 73.7 Å². The molecule has 2 fully saturated rings. The highest BCUT2D eigenvalue weighted by molar-refractivity contribution is 7.89. The van der Waals surface area contributed by atoms with Crippen molar-refractivity contribution in [2.45, 2.75) is 37.2 Å². The van der Waals surface area contributed by atoms with E-state index in [4.69, 9.17) is 0 Å². The summed E-state index contributed by atoms with van der Waals surface area (Å²) in [5.41, 5.74) is 0.619. The van der Waals surface area contributed by atoms with Gasteiger partial charge < -0.3 is 5.32 Å². The SMILES string of the molecule is C[C@H](C(=O)Nc1ccc(S(=O)(=O)N2CCCC2)cc1)N1CCN(Cc2cccs2)CC1. The first kappa shape index (κ1) is 22.4. The van der Waals surface area contributed by atoms with Crippen molar-refractivity contribution >= 4 is 33.0 Å². The lowest BCUT2D eigenvalue weighted by Gasteiger charge is -2.37. The minimum atomic E-state index is -3.43. The Labute approximate surface area is 188 Å². The maximum Gasteiger partial charge on any atom is 0.243 e. The molecule has 2 aliphatic heterocycles. The van der Waals surface area contributed by atoms with E-state index in [9.17, 15) is 13.2 Å². The van der Waals surface area contributed by atoms with Crippen LogP contribution in [0.3, 0.4) is 0 Å². The number of thiophene rings is 1. The lowest BCUT2D eigenvalue weighted by Crippen LogP contribution is -2.52. The van der Waals surface area contributed by atoms with Crippen LogP contribution >= 0.6 is 11.3 Å². The highest BCUT2D eigenvalue weighted by Gasteiger charge is 2.28. The number of piperazine rings is 1. The molecule has 1 amide bonds. The molecule has 1 aromatic heterocycles. The van der Waals surface area contributed by atoms with Crippen molar-refractivity contribution in [1.29, 1.82) is 0 Å². The minimum Gasteiger partial charge on any atom is -0.325 e. The summed E-state index contributed by atoms with van der Waals surface area (Å²) in [6.45, 7) is 7.66. The molecule has 4 rings (SSSR count). The quantitative estimate of drug-likeness (QED) is 0.685. The number of hydrogen-bond donors (Lipinski definition) is 1. The third kappa shape index (κ3) is 5.35. The first-order chi connectivity index (χ1) is 14.9. The molecule has 1 aromatic carbocycles. The number of carbonyl (C=O) groups is 1. The minimum absolute atomic E-state index is 0.0677. The fourth-order valence-corrected chi connectivity index (χ4v) is 6.40. The Balaban J connectivity index is 1.29. The van der Waals surface area contributed by atoms with E-state index in [0.29, 0.717) is 18.8 Å². The Kier molecular flexibility index (Phi) is 7.08. The molecular weight excluding hydrogens is 432 g/mol. The highest BCUT2D eigenvalue weighted by atomic mass is 32.2. The monoisotopic (exact) mass is 462 g/mol. The van der Waals surface area contributed by atoms with Gasteiger partial charge >= 0.3 is 0 Å². The first-order valence-corrected chi connectivity index (χ1v) is 13.2. The fraction of sp³-hybridized carbons (Fsp3) is 0.500. The van der Waals surface area contributed by atoms with Crippen LogP contribution in [0.25, 0.3) is 0 Å². The second kappa shape index (κ2) is 9.79. The smallest absolute Gasteiger partial charge is 0.243 e. The summed E-state index contributed by atoms with van der Waals surface area (Å²) in [7, 11) is -3.43. The van der Waals surface area contributed by atoms with Crippen molar-refractivity contribution < 1.29 is 13.2 Å². The van der Waals surface area contributed by atoms with Gasteiger partial charge in [0.15, 0.2) is 0 Å². The molecule has 0 bridgehead atoms. The predicted octanol–water partition coefficient (Wildman–Crippen LogP) is 2.68. The number of amides is 1. The van der Waals surface area contributed by atoms with Crippen LogP contribution in [0.15, 0.2) is 46.7 Å². The summed E-state index contributed by atoms with van der Waals surface area (Å²) in [6.07, 6.45) is 1.82. The number of sulfonamides is 1. The lowest BCUT2D eigenvalue weighted by molar-refractivity contribution is -0.121. The van der Waals surface area contributed by atoms with Crippen molar-refractivity contribution in [3.63, 3.8) is 0 Å². The number of anilines is 1. The van der Waals surface area contributed by atoms with Gasteiger partial charge in [0.05, 0.1) is 10.9 Å². The summed E-state index contributed by atoms with van der Waals surface area (Å²) >= 11 is 1.78. The lowest BCUT2D eigenvalue weighted by atomic mass is 10.2. The third-order valence-electron chi connectivity index (χ3n) is 6.12. The van der Waals surface area contributed by atoms with Crippen LogP contribution in [0.4, 0.5) is 5.69 Å². The van der Waals surface area contributed by atoms with Crippen LogP contribution in [0, 0.1) is 0 Å². The summed E-state index contributed by atoms with van der Waals surface area (Å²) in [4.78, 5) is 19.0. The normalized spacial score (nSPS) is 20.0. The number of nitrogens with one attached hydrogen (secondary N) is 1. The van der Waals surface area contributed by atoms with Crippen molar-refractivity contribution in [3.8, 4) is 0 Å². The Bertz CT molecular complexity index is 963. The number of rotatable bonds is 7. The predicted molar refractivity (Wildman–Crippen MR) is 124 cm³/mol. The zero-order valence-corrected chi connectivity index (χ0v) is 19.5. The maximum absolute atomic E-state index is 12.7. The average molecular weight is 463 g/mol. The molecule has 2 saturated heterocycles. The second-order valence-electron chi connectivity index (χ2n) is 8.19. The molecule has 2 aromatic rings. The van der Waals surface area contributed by atoms with Crippen molar-refractivity contribution in [3.05, 3.63) is 46.7 Å². The molecule has 31 heavy (non-hydrogen) atoms. The van der Waals surface area contributed by atoms with E-state index < -0.39 is 10.0 Å².